The molecule has 238 valence electrons. The van der Waals surface area contributed by atoms with Gasteiger partial charge in [0, 0.05) is 45.9 Å². The quantitative estimate of drug-likeness (QED) is 0.145. The number of thiazole rings is 1. The summed E-state index contributed by atoms with van der Waals surface area (Å²) < 4.78 is 6.35. The highest BCUT2D eigenvalue weighted by atomic mass is 32.2. The first-order valence-electron chi connectivity index (χ1n) is 15.1. The highest BCUT2D eigenvalue weighted by Crippen LogP contribution is 2.69. The number of aryl methyl sites for hydroxylation is 1. The van der Waals surface area contributed by atoms with Crippen LogP contribution >= 0.6 is 23.1 Å². The van der Waals surface area contributed by atoms with Gasteiger partial charge in [-0.05, 0) is 54.9 Å². The van der Waals surface area contributed by atoms with Crippen LogP contribution in [0, 0.1) is 56.7 Å². The van der Waals surface area contributed by atoms with Crippen LogP contribution in [-0.2, 0) is 16.2 Å². The molecule has 2 bridgehead atoms. The van der Waals surface area contributed by atoms with Crippen molar-refractivity contribution in [1.82, 2.24) is 4.98 Å². The van der Waals surface area contributed by atoms with E-state index in [9.17, 15) is 34.6 Å². The number of fused-ring (bicyclic) bond motifs is 9. The van der Waals surface area contributed by atoms with E-state index >= 15 is 0 Å². The van der Waals surface area contributed by atoms with Crippen molar-refractivity contribution in [1.29, 1.82) is 0 Å². The number of carbonyl (C=O) groups is 2. The van der Waals surface area contributed by atoms with Gasteiger partial charge in [0.2, 0.25) is 11.8 Å². The minimum atomic E-state index is -0.611. The van der Waals surface area contributed by atoms with Crippen molar-refractivity contribution in [3.05, 3.63) is 118 Å². The van der Waals surface area contributed by atoms with E-state index in [1.54, 1.807) is 6.07 Å². The number of rotatable bonds is 7. The second-order valence-corrected chi connectivity index (χ2v) is 14.7. The fourth-order valence-corrected chi connectivity index (χ4v) is 11.2. The number of ether oxygens (including phenoxy) is 1. The Bertz CT molecular complexity index is 2060. The Morgan fingerprint density at radius 3 is 2.32 bits per heavy atom. The summed E-state index contributed by atoms with van der Waals surface area (Å²) in [5, 5.41) is 23.7. The number of nitrogens with zero attached hydrogens (tertiary/aromatic N) is 3. The zero-order valence-electron chi connectivity index (χ0n) is 24.7. The van der Waals surface area contributed by atoms with Gasteiger partial charge in [-0.15, -0.1) is 11.8 Å². The summed E-state index contributed by atoms with van der Waals surface area (Å²) in [6.07, 6.45) is 0.632. The van der Waals surface area contributed by atoms with E-state index in [4.69, 9.17) is 4.74 Å². The molecule has 1 saturated heterocycles. The van der Waals surface area contributed by atoms with Gasteiger partial charge in [0.1, 0.15) is 12.4 Å². The Morgan fingerprint density at radius 1 is 0.915 bits per heavy atom. The number of carbonyl (C=O) groups excluding carboxylic acids is 2. The summed E-state index contributed by atoms with van der Waals surface area (Å²) >= 11 is 2.58. The molecule has 3 heterocycles. The number of nitrogens with one attached hydrogen (secondary N) is 1. The Kier molecular flexibility index (Phi) is 6.84. The van der Waals surface area contributed by atoms with E-state index in [1.165, 1.54) is 48.2 Å². The minimum Gasteiger partial charge on any atom is -0.489 e. The van der Waals surface area contributed by atoms with Crippen molar-refractivity contribution in [3.8, 4) is 5.75 Å². The number of non-ortho nitro benzene ring substituents is 2. The van der Waals surface area contributed by atoms with Crippen molar-refractivity contribution in [2.75, 3.05) is 4.90 Å². The van der Waals surface area contributed by atoms with Gasteiger partial charge in [-0.3, -0.25) is 39.5 Å². The number of aromatic amines is 1. The molecule has 1 aromatic heterocycles. The van der Waals surface area contributed by atoms with Gasteiger partial charge < -0.3 is 9.72 Å². The standard InChI is InChI=1S/C33H26N4O8S2/c1-15-3-2-4-16(11-15)14-45-23-10-9-19(37(43)44)12-20(23)24-25-21-13-22(28(25)46-30-29(24)47-33(40)34-30)27-26(21)31(38)35(32(27)39)17-5-7-18(8-6-17)36(41)42/h2-12,21-22,24-28H,13-14H2,1H3,(H,34,40)/t21?,22?,24-,25?,26?,27?,28?/m1/s1. The molecule has 0 spiro atoms. The topological polar surface area (TPSA) is 166 Å². The molecule has 3 fully saturated rings. The molecule has 2 amide bonds. The molecule has 6 unspecified atom stereocenters. The SMILES string of the molecule is Cc1cccc(COc2ccc([N+](=O)[O-])cc2[C@H]2c3sc(=O)[nH]c3SC3C4CC(C5C(=O)N(c6ccc([N+](=O)[O-])cc6)C(=O)C45)C32)c1. The van der Waals surface area contributed by atoms with Crippen LogP contribution in [0.15, 0.2) is 76.6 Å². The average molecular weight is 671 g/mol. The summed E-state index contributed by atoms with van der Waals surface area (Å²) in [4.78, 5) is 67.6. The molecule has 14 heteroatoms. The lowest BCUT2D eigenvalue weighted by atomic mass is 9.68. The first-order chi connectivity index (χ1) is 22.6. The third-order valence-corrected chi connectivity index (χ3v) is 12.6. The minimum absolute atomic E-state index is 0.111. The average Bonchev–Trinajstić information content (AvgIpc) is 3.78. The molecule has 47 heavy (non-hydrogen) atoms. The van der Waals surface area contributed by atoms with Crippen molar-refractivity contribution >= 4 is 52.0 Å². The Balaban J connectivity index is 1.20. The number of aromatic nitrogens is 1. The highest BCUT2D eigenvalue weighted by Gasteiger charge is 2.70. The molecule has 3 aromatic carbocycles. The van der Waals surface area contributed by atoms with E-state index < -0.39 is 27.6 Å². The van der Waals surface area contributed by atoms with Crippen LogP contribution < -0.4 is 14.5 Å². The van der Waals surface area contributed by atoms with E-state index in [0.29, 0.717) is 28.4 Å². The van der Waals surface area contributed by atoms with Gasteiger partial charge >= 0.3 is 4.87 Å². The smallest absolute Gasteiger partial charge is 0.305 e. The van der Waals surface area contributed by atoms with Crippen molar-refractivity contribution in [2.45, 2.75) is 36.1 Å². The van der Waals surface area contributed by atoms with E-state index in [1.807, 2.05) is 31.2 Å². The number of benzene rings is 3. The van der Waals surface area contributed by atoms with Crippen molar-refractivity contribution in [3.63, 3.8) is 0 Å². The Labute approximate surface area is 275 Å². The van der Waals surface area contributed by atoms with E-state index in [2.05, 4.69) is 4.98 Å². The van der Waals surface area contributed by atoms with Gasteiger partial charge in [0.25, 0.3) is 11.4 Å². The summed E-state index contributed by atoms with van der Waals surface area (Å²) in [6, 6.07) is 17.8. The molecule has 4 aromatic rings. The maximum Gasteiger partial charge on any atom is 0.305 e. The molecule has 7 atom stereocenters. The van der Waals surface area contributed by atoms with Gasteiger partial charge in [0.15, 0.2) is 0 Å². The molecule has 0 radical (unpaired) electrons. The largest absolute Gasteiger partial charge is 0.489 e. The second kappa shape index (κ2) is 10.9. The monoisotopic (exact) mass is 670 g/mol. The van der Waals surface area contributed by atoms with Crippen LogP contribution in [0.5, 0.6) is 5.75 Å². The van der Waals surface area contributed by atoms with Crippen LogP contribution in [0.3, 0.4) is 0 Å². The first-order valence-corrected chi connectivity index (χ1v) is 16.8. The molecule has 2 aliphatic carbocycles. The number of nitro benzene ring substituents is 2. The Morgan fingerprint density at radius 2 is 1.62 bits per heavy atom. The van der Waals surface area contributed by atoms with Gasteiger partial charge in [-0.2, -0.15) is 0 Å². The summed E-state index contributed by atoms with van der Waals surface area (Å²) in [5.74, 6) is -2.48. The van der Waals surface area contributed by atoms with E-state index in [-0.39, 0.29) is 57.7 Å². The summed E-state index contributed by atoms with van der Waals surface area (Å²) in [7, 11) is 0. The molecule has 8 rings (SSSR count). The summed E-state index contributed by atoms with van der Waals surface area (Å²) in [6.45, 7) is 2.21. The molecule has 4 aliphatic rings. The van der Waals surface area contributed by atoms with Crippen LogP contribution in [0.2, 0.25) is 0 Å². The number of nitro groups is 2. The molecule has 1 N–H and O–H groups in total. The normalized spacial score (nSPS) is 27.0. The van der Waals surface area contributed by atoms with Crippen LogP contribution in [0.1, 0.15) is 33.9 Å². The van der Waals surface area contributed by atoms with Gasteiger partial charge in [-0.25, -0.2) is 0 Å². The third kappa shape index (κ3) is 4.60. The zero-order valence-corrected chi connectivity index (χ0v) is 26.4. The number of hydrogen-bond donors (Lipinski definition) is 1. The number of anilines is 1. The maximum atomic E-state index is 14.1. The number of thioether (sulfide) groups is 1. The molecule has 2 aliphatic heterocycles. The lowest BCUT2D eigenvalue weighted by molar-refractivity contribution is -0.385. The van der Waals surface area contributed by atoms with Crippen molar-refractivity contribution < 1.29 is 24.2 Å². The fraction of sp³-hybridized carbons (Fsp3) is 0.303. The third-order valence-electron chi connectivity index (χ3n) is 10.1. The van der Waals surface area contributed by atoms with Gasteiger partial charge in [-0.1, -0.05) is 41.2 Å². The molecule has 2 saturated carbocycles. The second-order valence-electron chi connectivity index (χ2n) is 12.5. The zero-order chi connectivity index (χ0) is 32.7. The van der Waals surface area contributed by atoms with Crippen LogP contribution in [0.4, 0.5) is 17.1 Å². The highest BCUT2D eigenvalue weighted by molar-refractivity contribution is 8.00. The van der Waals surface area contributed by atoms with Gasteiger partial charge in [0.05, 0.1) is 32.4 Å². The number of hydrogen-bond acceptors (Lipinski definition) is 10. The lowest BCUT2D eigenvalue weighted by Gasteiger charge is -2.43. The Hall–Kier alpha value is -4.82. The van der Waals surface area contributed by atoms with Crippen LogP contribution in [0.25, 0.3) is 0 Å². The summed E-state index contributed by atoms with van der Waals surface area (Å²) in [5.41, 5.74) is 2.62. The predicted molar refractivity (Wildman–Crippen MR) is 173 cm³/mol. The van der Waals surface area contributed by atoms with Crippen molar-refractivity contribution in [2.24, 2.45) is 29.6 Å². The number of amides is 2. The molecular formula is C33H26N4O8S2. The number of H-pyrrole nitrogens is 1. The first kappa shape index (κ1) is 29.6. The predicted octanol–water partition coefficient (Wildman–Crippen LogP) is 5.82. The van der Waals surface area contributed by atoms with Crippen LogP contribution in [-0.4, -0.2) is 31.9 Å². The molecular weight excluding hydrogens is 645 g/mol. The number of imide groups is 1. The van der Waals surface area contributed by atoms with E-state index in [0.717, 1.165) is 32.2 Å². The fourth-order valence-electron chi connectivity index (χ4n) is 8.33. The maximum absolute atomic E-state index is 14.1. The lowest BCUT2D eigenvalue weighted by Crippen LogP contribution is -2.42. The molecule has 12 nitrogen and oxygen atoms in total.